The SMILES string of the molecule is Cc1cc2cccc3c2c(c1C)c1c2c(nc[n+]1C)c1ccc(-c4ccccc4)cc1n32. The van der Waals surface area contributed by atoms with E-state index in [1.165, 1.54) is 65.9 Å². The molecule has 0 atom stereocenters. The molecule has 7 rings (SSSR count). The van der Waals surface area contributed by atoms with Crippen LogP contribution >= 0.6 is 0 Å². The normalized spacial score (nSPS) is 12.2. The zero-order valence-corrected chi connectivity index (χ0v) is 18.3. The number of pyridine rings is 1. The van der Waals surface area contributed by atoms with Crippen molar-refractivity contribution < 1.29 is 4.57 Å². The van der Waals surface area contributed by atoms with E-state index in [1.54, 1.807) is 0 Å². The Morgan fingerprint density at radius 3 is 2.47 bits per heavy atom. The molecule has 0 aliphatic rings. The molecule has 0 saturated heterocycles. The van der Waals surface area contributed by atoms with Crippen LogP contribution in [-0.4, -0.2) is 9.38 Å². The Morgan fingerprint density at radius 2 is 1.62 bits per heavy atom. The average Bonchev–Trinajstić information content (AvgIpc) is 3.15. The van der Waals surface area contributed by atoms with Gasteiger partial charge in [-0.25, -0.2) is 4.57 Å². The summed E-state index contributed by atoms with van der Waals surface area (Å²) in [7, 11) is 2.11. The first-order valence-corrected chi connectivity index (χ1v) is 11.1. The van der Waals surface area contributed by atoms with E-state index in [0.29, 0.717) is 0 Å². The van der Waals surface area contributed by atoms with Crippen molar-refractivity contribution in [3.63, 3.8) is 0 Å². The van der Waals surface area contributed by atoms with E-state index in [4.69, 9.17) is 4.98 Å². The van der Waals surface area contributed by atoms with Crippen LogP contribution < -0.4 is 4.57 Å². The van der Waals surface area contributed by atoms with Crippen LogP contribution in [0.1, 0.15) is 11.1 Å². The predicted octanol–water partition coefficient (Wildman–Crippen LogP) is 6.49. The fraction of sp³-hybridized carbons (Fsp3) is 0.103. The molecule has 3 heterocycles. The van der Waals surface area contributed by atoms with E-state index in [-0.39, 0.29) is 0 Å². The standard InChI is InChI=1S/C29H22N3/c1-17-14-21-10-7-11-23-26(21)25(18(17)2)28-29-27(30-16-31(28)3)22-13-12-20(15-24(22)32(23)29)19-8-5-4-6-9-19/h4-16H,1-3H3/q+1. The topological polar surface area (TPSA) is 21.2 Å². The third kappa shape index (κ3) is 2.10. The van der Waals surface area contributed by atoms with Crippen molar-refractivity contribution in [2.45, 2.75) is 13.8 Å². The van der Waals surface area contributed by atoms with Gasteiger partial charge in [-0.15, -0.1) is 0 Å². The Bertz CT molecular complexity index is 1840. The van der Waals surface area contributed by atoms with Crippen LogP contribution in [0.4, 0.5) is 0 Å². The number of hydrogen-bond acceptors (Lipinski definition) is 1. The molecule has 32 heavy (non-hydrogen) atoms. The second-order valence-corrected chi connectivity index (χ2v) is 8.90. The Kier molecular flexibility index (Phi) is 3.34. The van der Waals surface area contributed by atoms with Crippen LogP contribution in [0.2, 0.25) is 0 Å². The fourth-order valence-electron chi connectivity index (χ4n) is 5.50. The number of aryl methyl sites for hydroxylation is 3. The van der Waals surface area contributed by atoms with Gasteiger partial charge in [0.1, 0.15) is 5.52 Å². The zero-order chi connectivity index (χ0) is 21.6. The number of hydrogen-bond donors (Lipinski definition) is 0. The van der Waals surface area contributed by atoms with Crippen molar-refractivity contribution in [2.24, 2.45) is 7.05 Å². The van der Waals surface area contributed by atoms with Gasteiger partial charge in [-0.3, -0.25) is 0 Å². The monoisotopic (exact) mass is 412 g/mol. The van der Waals surface area contributed by atoms with E-state index in [9.17, 15) is 0 Å². The van der Waals surface area contributed by atoms with Crippen molar-refractivity contribution in [1.29, 1.82) is 0 Å². The highest BCUT2D eigenvalue weighted by Crippen LogP contribution is 2.41. The van der Waals surface area contributed by atoms with Crippen molar-refractivity contribution in [3.8, 4) is 11.1 Å². The van der Waals surface area contributed by atoms with Crippen molar-refractivity contribution >= 4 is 49.1 Å². The number of fused-ring (bicyclic) bond motifs is 5. The minimum Gasteiger partial charge on any atom is -0.301 e. The number of nitrogens with zero attached hydrogens (tertiary/aromatic N) is 3. The quantitative estimate of drug-likeness (QED) is 0.171. The molecular weight excluding hydrogens is 390 g/mol. The summed E-state index contributed by atoms with van der Waals surface area (Å²) < 4.78 is 4.62. The Balaban J connectivity index is 1.81. The fourth-order valence-corrected chi connectivity index (χ4v) is 5.50. The maximum atomic E-state index is 4.91. The Morgan fingerprint density at radius 1 is 0.781 bits per heavy atom. The van der Waals surface area contributed by atoms with Gasteiger partial charge >= 0.3 is 0 Å². The summed E-state index contributed by atoms with van der Waals surface area (Å²) in [6, 6.07) is 26.4. The zero-order valence-electron chi connectivity index (χ0n) is 18.3. The van der Waals surface area contributed by atoms with Gasteiger partial charge in [0.2, 0.25) is 5.52 Å². The molecule has 0 spiro atoms. The van der Waals surface area contributed by atoms with Gasteiger partial charge in [0, 0.05) is 10.8 Å². The van der Waals surface area contributed by atoms with E-state index < -0.39 is 0 Å². The molecule has 0 saturated carbocycles. The van der Waals surface area contributed by atoms with Crippen molar-refractivity contribution in [2.75, 3.05) is 0 Å². The van der Waals surface area contributed by atoms with Crippen LogP contribution in [0.15, 0.2) is 79.1 Å². The maximum Gasteiger partial charge on any atom is 0.287 e. The van der Waals surface area contributed by atoms with Crippen LogP contribution in [0.25, 0.3) is 60.3 Å². The average molecular weight is 413 g/mol. The lowest BCUT2D eigenvalue weighted by Crippen LogP contribution is -2.30. The van der Waals surface area contributed by atoms with Gasteiger partial charge in [-0.05, 0) is 64.7 Å². The van der Waals surface area contributed by atoms with Gasteiger partial charge in [-0.2, -0.15) is 0 Å². The summed E-state index contributed by atoms with van der Waals surface area (Å²) in [6.45, 7) is 4.46. The van der Waals surface area contributed by atoms with Gasteiger partial charge in [0.05, 0.1) is 23.5 Å². The summed E-state index contributed by atoms with van der Waals surface area (Å²) in [5, 5.41) is 5.15. The summed E-state index contributed by atoms with van der Waals surface area (Å²) in [6.07, 6.45) is 1.97. The Hall–Kier alpha value is -3.98. The maximum absolute atomic E-state index is 4.91. The Labute approximate surface area is 185 Å². The van der Waals surface area contributed by atoms with Gasteiger partial charge in [0.15, 0.2) is 5.52 Å². The molecule has 3 aromatic heterocycles. The molecule has 0 amide bonds. The second kappa shape index (κ2) is 6.04. The van der Waals surface area contributed by atoms with Crippen LogP contribution in [0.5, 0.6) is 0 Å². The lowest BCUT2D eigenvalue weighted by Gasteiger charge is -2.15. The second-order valence-electron chi connectivity index (χ2n) is 8.90. The molecule has 0 N–H and O–H groups in total. The van der Waals surface area contributed by atoms with Crippen molar-refractivity contribution in [1.82, 2.24) is 9.38 Å². The highest BCUT2D eigenvalue weighted by atomic mass is 15.0. The highest BCUT2D eigenvalue weighted by Gasteiger charge is 2.25. The number of benzene rings is 4. The summed E-state index contributed by atoms with van der Waals surface area (Å²) in [5.74, 6) is 0. The molecule has 0 bridgehead atoms. The molecule has 3 nitrogen and oxygen atoms in total. The van der Waals surface area contributed by atoms with E-state index in [2.05, 4.69) is 103 Å². The summed E-state index contributed by atoms with van der Waals surface area (Å²) >= 11 is 0. The van der Waals surface area contributed by atoms with E-state index in [1.807, 2.05) is 6.33 Å². The van der Waals surface area contributed by atoms with Crippen LogP contribution in [0.3, 0.4) is 0 Å². The van der Waals surface area contributed by atoms with Crippen LogP contribution in [0, 0.1) is 13.8 Å². The minimum atomic E-state index is 1.07. The lowest BCUT2D eigenvalue weighted by molar-refractivity contribution is -0.647. The third-order valence-corrected chi connectivity index (χ3v) is 7.13. The highest BCUT2D eigenvalue weighted by molar-refractivity contribution is 6.25. The molecular formula is C29H22N3+. The molecule has 0 aliphatic heterocycles. The van der Waals surface area contributed by atoms with E-state index >= 15 is 0 Å². The molecule has 0 radical (unpaired) electrons. The third-order valence-electron chi connectivity index (χ3n) is 7.13. The molecule has 0 aliphatic carbocycles. The largest absolute Gasteiger partial charge is 0.301 e. The minimum absolute atomic E-state index is 1.07. The number of aromatic nitrogens is 3. The van der Waals surface area contributed by atoms with Gasteiger partial charge < -0.3 is 4.40 Å². The first-order chi connectivity index (χ1) is 15.6. The smallest absolute Gasteiger partial charge is 0.287 e. The molecule has 152 valence electrons. The molecule has 3 heteroatoms. The first kappa shape index (κ1) is 17.7. The lowest BCUT2D eigenvalue weighted by atomic mass is 9.95. The molecule has 0 unspecified atom stereocenters. The molecule has 7 aromatic rings. The van der Waals surface area contributed by atoms with Crippen LogP contribution in [-0.2, 0) is 7.05 Å². The van der Waals surface area contributed by atoms with Gasteiger partial charge in [-0.1, -0.05) is 54.6 Å². The predicted molar refractivity (Wildman–Crippen MR) is 132 cm³/mol. The summed E-state index contributed by atoms with van der Waals surface area (Å²) in [4.78, 5) is 4.91. The molecule has 4 aromatic carbocycles. The molecule has 0 fully saturated rings. The van der Waals surface area contributed by atoms with Crippen molar-refractivity contribution in [3.05, 3.63) is 90.3 Å². The summed E-state index contributed by atoms with van der Waals surface area (Å²) in [5.41, 5.74) is 11.1. The van der Waals surface area contributed by atoms with Gasteiger partial charge in [0.25, 0.3) is 6.33 Å². The van der Waals surface area contributed by atoms with E-state index in [0.717, 1.165) is 5.52 Å². The number of rotatable bonds is 1. The first-order valence-electron chi connectivity index (χ1n) is 11.1.